The van der Waals surface area contributed by atoms with E-state index >= 15 is 0 Å². The van der Waals surface area contributed by atoms with Gasteiger partial charge in [-0.05, 0) is 82.2 Å². The Hall–Kier alpha value is -1.02. The van der Waals surface area contributed by atoms with Gasteiger partial charge in [0.1, 0.15) is 10.7 Å². The van der Waals surface area contributed by atoms with Crippen molar-refractivity contribution in [3.8, 4) is 0 Å². The third-order valence-electron chi connectivity index (χ3n) is 6.66. The Morgan fingerprint density at radius 2 is 1.86 bits per heavy atom. The Labute approximate surface area is 167 Å². The third kappa shape index (κ3) is 3.99. The minimum atomic E-state index is -3.82. The second-order valence-corrected chi connectivity index (χ2v) is 11.0. The lowest BCUT2D eigenvalue weighted by atomic mass is 9.77. The molecule has 2 aliphatic carbocycles. The van der Waals surface area contributed by atoms with Crippen LogP contribution in [0.4, 0.5) is 4.39 Å². The zero-order chi connectivity index (χ0) is 20.1. The predicted molar refractivity (Wildman–Crippen MR) is 106 cm³/mol. The molecule has 156 valence electrons. The summed E-state index contributed by atoms with van der Waals surface area (Å²) in [4.78, 5) is 2.02. The highest BCUT2D eigenvalue weighted by molar-refractivity contribution is 7.89. The Balaban J connectivity index is 1.51. The zero-order valence-corrected chi connectivity index (χ0v) is 17.8. The van der Waals surface area contributed by atoms with Crippen molar-refractivity contribution in [1.82, 2.24) is 9.21 Å². The smallest absolute Gasteiger partial charge is 0.246 e. The molecular formula is C21H31FN2O3S. The molecule has 0 amide bonds. The van der Waals surface area contributed by atoms with Crippen LogP contribution in [0.3, 0.4) is 0 Å². The number of benzene rings is 1. The molecule has 28 heavy (non-hydrogen) atoms. The molecule has 5 nitrogen and oxygen atoms in total. The van der Waals surface area contributed by atoms with E-state index in [1.54, 1.807) is 13.0 Å². The van der Waals surface area contributed by atoms with E-state index in [9.17, 15) is 12.8 Å². The highest BCUT2D eigenvalue weighted by Gasteiger charge is 2.47. The predicted octanol–water partition coefficient (Wildman–Crippen LogP) is 2.89. The fourth-order valence-electron chi connectivity index (χ4n) is 4.76. The summed E-state index contributed by atoms with van der Waals surface area (Å²) in [5.41, 5.74) is 0.748. The molecule has 1 aromatic rings. The molecule has 7 heteroatoms. The molecular weight excluding hydrogens is 379 g/mol. The van der Waals surface area contributed by atoms with Crippen LogP contribution in [0.5, 0.6) is 0 Å². The van der Waals surface area contributed by atoms with Gasteiger partial charge in [0.05, 0.1) is 6.10 Å². The summed E-state index contributed by atoms with van der Waals surface area (Å²) in [6.07, 6.45) is 4.48. The van der Waals surface area contributed by atoms with Crippen molar-refractivity contribution in [3.05, 3.63) is 29.6 Å². The van der Waals surface area contributed by atoms with E-state index < -0.39 is 15.8 Å². The number of rotatable bonds is 6. The van der Waals surface area contributed by atoms with Crippen molar-refractivity contribution >= 4 is 10.0 Å². The molecule has 3 aliphatic rings. The summed E-state index contributed by atoms with van der Waals surface area (Å²) in [5.74, 6) is 0.626. The van der Waals surface area contributed by atoms with Crippen LogP contribution in [0.25, 0.3) is 0 Å². The lowest BCUT2D eigenvalue weighted by molar-refractivity contribution is -0.0493. The maximum absolute atomic E-state index is 14.3. The summed E-state index contributed by atoms with van der Waals surface area (Å²) >= 11 is 0. The van der Waals surface area contributed by atoms with Gasteiger partial charge in [-0.25, -0.2) is 12.8 Å². The third-order valence-corrected chi connectivity index (χ3v) is 8.51. The number of likely N-dealkylation sites (N-methyl/N-ethyl adjacent to an activating group) is 1. The Kier molecular flexibility index (Phi) is 5.55. The van der Waals surface area contributed by atoms with Crippen molar-refractivity contribution in [3.63, 3.8) is 0 Å². The molecule has 0 spiro atoms. The minimum Gasteiger partial charge on any atom is -0.376 e. The van der Waals surface area contributed by atoms with Crippen LogP contribution in [0.15, 0.2) is 23.1 Å². The van der Waals surface area contributed by atoms with Crippen molar-refractivity contribution in [1.29, 1.82) is 0 Å². The first-order valence-corrected chi connectivity index (χ1v) is 11.7. The van der Waals surface area contributed by atoms with Gasteiger partial charge in [-0.1, -0.05) is 6.07 Å². The van der Waals surface area contributed by atoms with E-state index in [1.807, 2.05) is 0 Å². The maximum Gasteiger partial charge on any atom is 0.246 e. The summed E-state index contributed by atoms with van der Waals surface area (Å²) in [6.45, 7) is 3.54. The second-order valence-electron chi connectivity index (χ2n) is 9.09. The Bertz CT molecular complexity index is 825. The van der Waals surface area contributed by atoms with Crippen LogP contribution in [-0.4, -0.2) is 63.6 Å². The van der Waals surface area contributed by atoms with Crippen LogP contribution in [0.2, 0.25) is 0 Å². The number of hydrogen-bond donors (Lipinski definition) is 0. The monoisotopic (exact) mass is 410 g/mol. The average Bonchev–Trinajstić information content (AvgIpc) is 3.37. The lowest BCUT2D eigenvalue weighted by Gasteiger charge is -2.41. The van der Waals surface area contributed by atoms with Gasteiger partial charge in [0.15, 0.2) is 0 Å². The first-order valence-electron chi connectivity index (χ1n) is 10.3. The minimum absolute atomic E-state index is 0.148. The molecule has 1 aliphatic heterocycles. The van der Waals surface area contributed by atoms with Crippen LogP contribution >= 0.6 is 0 Å². The number of ether oxygens (including phenoxy) is 1. The standard InChI is InChI=1S/C21H31FN2O3S/c1-14-4-7-18(22)21(8-14)28(25,26)24-11-16-9-19(23(2)3)20(10-17(16)12-24)27-13-15-5-6-15/h4,7-8,15-17,19-20H,5-6,9-13H2,1-3H3/t16-,17+,19-,20-/m1/s1. The van der Waals surface area contributed by atoms with E-state index in [0.29, 0.717) is 31.0 Å². The number of aryl methyl sites for hydroxylation is 1. The molecule has 0 bridgehead atoms. The van der Waals surface area contributed by atoms with E-state index in [1.165, 1.54) is 29.3 Å². The van der Waals surface area contributed by atoms with Gasteiger partial charge >= 0.3 is 0 Å². The molecule has 1 heterocycles. The largest absolute Gasteiger partial charge is 0.376 e. The van der Waals surface area contributed by atoms with Gasteiger partial charge in [-0.2, -0.15) is 4.31 Å². The molecule has 4 rings (SSSR count). The highest BCUT2D eigenvalue weighted by Crippen LogP contribution is 2.41. The summed E-state index contributed by atoms with van der Waals surface area (Å²) in [7, 11) is 0.330. The van der Waals surface area contributed by atoms with Crippen molar-refractivity contribution in [2.24, 2.45) is 17.8 Å². The van der Waals surface area contributed by atoms with E-state index in [2.05, 4.69) is 19.0 Å². The zero-order valence-electron chi connectivity index (χ0n) is 17.0. The fraction of sp³-hybridized carbons (Fsp3) is 0.714. The van der Waals surface area contributed by atoms with E-state index in [-0.39, 0.29) is 16.9 Å². The topological polar surface area (TPSA) is 49.9 Å². The van der Waals surface area contributed by atoms with Gasteiger partial charge in [0.2, 0.25) is 10.0 Å². The van der Waals surface area contributed by atoms with Crippen LogP contribution in [-0.2, 0) is 14.8 Å². The van der Waals surface area contributed by atoms with Crippen LogP contribution in [0.1, 0.15) is 31.2 Å². The average molecular weight is 411 g/mol. The van der Waals surface area contributed by atoms with Crippen molar-refractivity contribution < 1.29 is 17.5 Å². The van der Waals surface area contributed by atoms with Crippen molar-refractivity contribution in [2.45, 2.75) is 49.6 Å². The molecule has 0 radical (unpaired) electrons. The first-order chi connectivity index (χ1) is 13.3. The van der Waals surface area contributed by atoms with Crippen LogP contribution < -0.4 is 0 Å². The van der Waals surface area contributed by atoms with E-state index in [0.717, 1.165) is 25.0 Å². The Morgan fingerprint density at radius 1 is 1.18 bits per heavy atom. The molecule has 0 unspecified atom stereocenters. The number of fused-ring (bicyclic) bond motifs is 1. The Morgan fingerprint density at radius 3 is 2.50 bits per heavy atom. The van der Waals surface area contributed by atoms with Gasteiger partial charge < -0.3 is 9.64 Å². The molecule has 0 N–H and O–H groups in total. The number of sulfonamides is 1. The molecule has 2 saturated carbocycles. The SMILES string of the molecule is Cc1ccc(F)c(S(=O)(=O)N2C[C@H]3C[C@@H](N(C)C)[C@H](OCC4CC4)C[C@H]3C2)c1. The normalized spacial score (nSPS) is 31.3. The lowest BCUT2D eigenvalue weighted by Crippen LogP contribution is -2.48. The molecule has 4 atom stereocenters. The van der Waals surface area contributed by atoms with E-state index in [4.69, 9.17) is 4.74 Å². The quantitative estimate of drug-likeness (QED) is 0.724. The second kappa shape index (κ2) is 7.67. The number of hydrogen-bond acceptors (Lipinski definition) is 4. The fourth-order valence-corrected chi connectivity index (χ4v) is 6.46. The van der Waals surface area contributed by atoms with Gasteiger partial charge in [0.25, 0.3) is 0 Å². The maximum atomic E-state index is 14.3. The summed E-state index contributed by atoms with van der Waals surface area (Å²) in [6, 6.07) is 4.59. The van der Waals surface area contributed by atoms with Crippen molar-refractivity contribution in [2.75, 3.05) is 33.8 Å². The number of halogens is 1. The molecule has 1 aromatic carbocycles. The molecule has 0 aromatic heterocycles. The highest BCUT2D eigenvalue weighted by atomic mass is 32.2. The number of nitrogens with zero attached hydrogens (tertiary/aromatic N) is 2. The summed E-state index contributed by atoms with van der Waals surface area (Å²) in [5, 5.41) is 0. The van der Waals surface area contributed by atoms with Gasteiger partial charge in [0, 0.05) is 25.7 Å². The first kappa shape index (κ1) is 20.3. The van der Waals surface area contributed by atoms with Gasteiger partial charge in [-0.15, -0.1) is 0 Å². The molecule has 1 saturated heterocycles. The van der Waals surface area contributed by atoms with Crippen LogP contribution in [0, 0.1) is 30.5 Å². The van der Waals surface area contributed by atoms with Gasteiger partial charge in [-0.3, -0.25) is 0 Å². The molecule has 3 fully saturated rings. The summed E-state index contributed by atoms with van der Waals surface area (Å²) < 4.78 is 48.3.